The van der Waals surface area contributed by atoms with Gasteiger partial charge in [0.15, 0.2) is 0 Å². The number of rotatable bonds is 4. The van der Waals surface area contributed by atoms with Crippen LogP contribution in [-0.2, 0) is 17.6 Å². The fourth-order valence-electron chi connectivity index (χ4n) is 3.01. The molecular formula is C17H26N2O. The second kappa shape index (κ2) is 6.89. The van der Waals surface area contributed by atoms with Crippen LogP contribution in [0.25, 0.3) is 0 Å². The Kier molecular flexibility index (Phi) is 5.18. The number of nitrogens with one attached hydrogen (secondary N) is 1. The molecule has 0 unspecified atom stereocenters. The van der Waals surface area contributed by atoms with Crippen LogP contribution in [0.2, 0.25) is 0 Å². The summed E-state index contributed by atoms with van der Waals surface area (Å²) in [5.41, 5.74) is 3.53. The number of hydrogen-bond acceptors (Lipinski definition) is 2. The number of hydrogen-bond donors (Lipinski definition) is 1. The lowest BCUT2D eigenvalue weighted by atomic mass is 9.96. The molecule has 1 fully saturated rings. The molecule has 1 aliphatic heterocycles. The fraction of sp³-hybridized carbons (Fsp3) is 0.588. The van der Waals surface area contributed by atoms with E-state index in [2.05, 4.69) is 49.3 Å². The van der Waals surface area contributed by atoms with Crippen molar-refractivity contribution in [1.29, 1.82) is 0 Å². The van der Waals surface area contributed by atoms with Gasteiger partial charge in [-0.15, -0.1) is 0 Å². The Bertz CT molecular complexity index is 448. The van der Waals surface area contributed by atoms with Gasteiger partial charge in [0, 0.05) is 12.2 Å². The van der Waals surface area contributed by atoms with E-state index in [1.807, 2.05) is 0 Å². The summed E-state index contributed by atoms with van der Waals surface area (Å²) < 4.78 is 0. The van der Waals surface area contributed by atoms with Crippen LogP contribution >= 0.6 is 0 Å². The third-order valence-electron chi connectivity index (χ3n) is 4.24. The van der Waals surface area contributed by atoms with Gasteiger partial charge in [-0.25, -0.2) is 0 Å². The van der Waals surface area contributed by atoms with E-state index in [1.54, 1.807) is 0 Å². The Labute approximate surface area is 122 Å². The predicted octanol–water partition coefficient (Wildman–Crippen LogP) is 3.09. The minimum Gasteiger partial charge on any atom is -0.325 e. The van der Waals surface area contributed by atoms with Crippen molar-refractivity contribution >= 4 is 11.6 Å². The highest BCUT2D eigenvalue weighted by molar-refractivity contribution is 5.94. The SMILES string of the molecule is CCc1cccc(CC)c1NC(=O)[C@@H]1CCCN(C)C1. The van der Waals surface area contributed by atoms with Crippen molar-refractivity contribution in [3.05, 3.63) is 29.3 Å². The van der Waals surface area contributed by atoms with Gasteiger partial charge in [-0.1, -0.05) is 32.0 Å². The molecule has 1 aromatic carbocycles. The van der Waals surface area contributed by atoms with E-state index in [4.69, 9.17) is 0 Å². The van der Waals surface area contributed by atoms with Crippen LogP contribution in [0.15, 0.2) is 18.2 Å². The molecule has 110 valence electrons. The maximum absolute atomic E-state index is 12.5. The molecule has 2 rings (SSSR count). The lowest BCUT2D eigenvalue weighted by Gasteiger charge is -2.29. The Hall–Kier alpha value is -1.35. The average molecular weight is 274 g/mol. The standard InChI is InChI=1S/C17H26N2O/c1-4-13-8-6-9-14(5-2)16(13)18-17(20)15-10-7-11-19(3)12-15/h6,8-9,15H,4-5,7,10-12H2,1-3H3,(H,18,20)/t15-/m1/s1. The monoisotopic (exact) mass is 274 g/mol. The average Bonchev–Trinajstić information content (AvgIpc) is 2.47. The Morgan fingerprint density at radius 1 is 1.30 bits per heavy atom. The van der Waals surface area contributed by atoms with Crippen LogP contribution in [0.3, 0.4) is 0 Å². The molecule has 0 radical (unpaired) electrons. The number of carbonyl (C=O) groups is 1. The first-order valence-corrected chi connectivity index (χ1v) is 7.75. The minimum absolute atomic E-state index is 0.128. The molecule has 1 N–H and O–H groups in total. The molecule has 0 spiro atoms. The molecule has 0 aliphatic carbocycles. The van der Waals surface area contributed by atoms with Crippen molar-refractivity contribution in [2.75, 3.05) is 25.5 Å². The third-order valence-corrected chi connectivity index (χ3v) is 4.24. The highest BCUT2D eigenvalue weighted by atomic mass is 16.1. The van der Waals surface area contributed by atoms with Gasteiger partial charge in [0.1, 0.15) is 0 Å². The number of piperidine rings is 1. The minimum atomic E-state index is 0.128. The van der Waals surface area contributed by atoms with Crippen LogP contribution in [0.4, 0.5) is 5.69 Å². The van der Waals surface area contributed by atoms with E-state index in [-0.39, 0.29) is 11.8 Å². The molecule has 1 amide bonds. The normalized spacial score (nSPS) is 19.9. The van der Waals surface area contributed by atoms with E-state index >= 15 is 0 Å². The maximum Gasteiger partial charge on any atom is 0.228 e. The number of carbonyl (C=O) groups excluding carboxylic acids is 1. The molecule has 0 aromatic heterocycles. The van der Waals surface area contributed by atoms with Crippen LogP contribution in [0.1, 0.15) is 37.8 Å². The van der Waals surface area contributed by atoms with E-state index in [9.17, 15) is 4.79 Å². The second-order valence-corrected chi connectivity index (χ2v) is 5.75. The van der Waals surface area contributed by atoms with E-state index in [1.165, 1.54) is 11.1 Å². The first-order valence-electron chi connectivity index (χ1n) is 7.75. The van der Waals surface area contributed by atoms with Crippen molar-refractivity contribution in [3.63, 3.8) is 0 Å². The van der Waals surface area contributed by atoms with Crippen LogP contribution in [-0.4, -0.2) is 30.9 Å². The van der Waals surface area contributed by atoms with Crippen molar-refractivity contribution in [1.82, 2.24) is 4.90 Å². The Balaban J connectivity index is 2.14. The summed E-state index contributed by atoms with van der Waals surface area (Å²) in [6, 6.07) is 6.31. The van der Waals surface area contributed by atoms with E-state index in [0.717, 1.165) is 44.5 Å². The number of benzene rings is 1. The summed E-state index contributed by atoms with van der Waals surface area (Å²) in [6.45, 7) is 6.26. The van der Waals surface area contributed by atoms with Gasteiger partial charge in [-0.05, 0) is 50.4 Å². The topological polar surface area (TPSA) is 32.3 Å². The smallest absolute Gasteiger partial charge is 0.228 e. The first kappa shape index (κ1) is 15.0. The molecule has 1 atom stereocenters. The van der Waals surface area contributed by atoms with E-state index < -0.39 is 0 Å². The highest BCUT2D eigenvalue weighted by Gasteiger charge is 2.24. The van der Waals surface area contributed by atoms with Crippen LogP contribution in [0, 0.1) is 5.92 Å². The molecule has 1 saturated heterocycles. The number of anilines is 1. The number of aryl methyl sites for hydroxylation is 2. The summed E-state index contributed by atoms with van der Waals surface area (Å²) in [7, 11) is 2.09. The Morgan fingerprint density at radius 3 is 2.50 bits per heavy atom. The summed E-state index contributed by atoms with van der Waals surface area (Å²) >= 11 is 0. The zero-order valence-corrected chi connectivity index (χ0v) is 12.9. The molecule has 1 aliphatic rings. The first-order chi connectivity index (χ1) is 9.65. The summed E-state index contributed by atoms with van der Waals surface area (Å²) in [4.78, 5) is 14.8. The molecule has 3 nitrogen and oxygen atoms in total. The van der Waals surface area contributed by atoms with E-state index in [0.29, 0.717) is 0 Å². The Morgan fingerprint density at radius 2 is 1.95 bits per heavy atom. The molecule has 0 saturated carbocycles. The number of para-hydroxylation sites is 1. The molecular weight excluding hydrogens is 248 g/mol. The number of nitrogens with zero attached hydrogens (tertiary/aromatic N) is 1. The highest BCUT2D eigenvalue weighted by Crippen LogP contribution is 2.24. The fourth-order valence-corrected chi connectivity index (χ4v) is 3.01. The quantitative estimate of drug-likeness (QED) is 0.915. The van der Waals surface area contributed by atoms with Gasteiger partial charge in [0.25, 0.3) is 0 Å². The molecule has 0 bridgehead atoms. The van der Waals surface area contributed by atoms with Gasteiger partial charge in [0.2, 0.25) is 5.91 Å². The predicted molar refractivity (Wildman–Crippen MR) is 84.0 cm³/mol. The van der Waals surface area contributed by atoms with Crippen LogP contribution in [0.5, 0.6) is 0 Å². The third kappa shape index (κ3) is 3.40. The number of amides is 1. The zero-order valence-electron chi connectivity index (χ0n) is 12.9. The number of likely N-dealkylation sites (tertiary alicyclic amines) is 1. The molecule has 20 heavy (non-hydrogen) atoms. The van der Waals surface area contributed by atoms with Crippen molar-refractivity contribution in [3.8, 4) is 0 Å². The van der Waals surface area contributed by atoms with Gasteiger partial charge >= 0.3 is 0 Å². The summed E-state index contributed by atoms with van der Waals surface area (Å²) in [5, 5.41) is 3.21. The van der Waals surface area contributed by atoms with Gasteiger partial charge in [0.05, 0.1) is 5.92 Å². The maximum atomic E-state index is 12.5. The van der Waals surface area contributed by atoms with Crippen molar-refractivity contribution in [2.45, 2.75) is 39.5 Å². The largest absolute Gasteiger partial charge is 0.325 e. The van der Waals surface area contributed by atoms with Crippen LogP contribution < -0.4 is 5.32 Å². The van der Waals surface area contributed by atoms with Crippen molar-refractivity contribution in [2.24, 2.45) is 5.92 Å². The lowest BCUT2D eigenvalue weighted by molar-refractivity contribution is -0.121. The molecule has 1 heterocycles. The second-order valence-electron chi connectivity index (χ2n) is 5.75. The summed E-state index contributed by atoms with van der Waals surface area (Å²) in [6.07, 6.45) is 4.03. The zero-order chi connectivity index (χ0) is 14.5. The molecule has 1 aromatic rings. The van der Waals surface area contributed by atoms with Gasteiger partial charge in [-0.2, -0.15) is 0 Å². The van der Waals surface area contributed by atoms with Crippen molar-refractivity contribution < 1.29 is 4.79 Å². The van der Waals surface area contributed by atoms with Gasteiger partial charge < -0.3 is 10.2 Å². The lowest BCUT2D eigenvalue weighted by Crippen LogP contribution is -2.38. The molecule has 3 heteroatoms. The summed E-state index contributed by atoms with van der Waals surface area (Å²) in [5.74, 6) is 0.315. The van der Waals surface area contributed by atoms with Gasteiger partial charge in [-0.3, -0.25) is 4.79 Å².